The molecule has 1 aromatic heterocycles. The zero-order chi connectivity index (χ0) is 18.2. The van der Waals surface area contributed by atoms with Crippen molar-refractivity contribution in [2.45, 2.75) is 46.5 Å². The van der Waals surface area contributed by atoms with Crippen molar-refractivity contribution in [2.75, 3.05) is 18.4 Å². The third-order valence-corrected chi connectivity index (χ3v) is 4.12. The van der Waals surface area contributed by atoms with E-state index in [4.69, 9.17) is 0 Å². The highest BCUT2D eigenvalue weighted by Crippen LogP contribution is 2.27. The number of carbonyl (C=O) groups excluding carboxylic acids is 1. The maximum atomic E-state index is 12.8. The normalized spacial score (nSPS) is 10.8. The Morgan fingerprint density at radius 2 is 1.80 bits per heavy atom. The summed E-state index contributed by atoms with van der Waals surface area (Å²) in [6.45, 7) is 10.1. The molecule has 1 amide bonds. The van der Waals surface area contributed by atoms with E-state index in [1.165, 1.54) is 5.56 Å². The summed E-state index contributed by atoms with van der Waals surface area (Å²) in [5.74, 6) is 0.475. The number of nitrogens with zero attached hydrogens (tertiary/aromatic N) is 2. The van der Waals surface area contributed by atoms with Gasteiger partial charge in [-0.3, -0.25) is 9.78 Å². The number of amides is 1. The molecule has 0 aliphatic heterocycles. The first kappa shape index (κ1) is 19.0. The second kappa shape index (κ2) is 9.21. The lowest BCUT2D eigenvalue weighted by atomic mass is 10.0. The second-order valence-corrected chi connectivity index (χ2v) is 6.62. The lowest BCUT2D eigenvalue weighted by molar-refractivity contribution is 0.0755. The second-order valence-electron chi connectivity index (χ2n) is 6.62. The van der Waals surface area contributed by atoms with Crippen molar-refractivity contribution in [2.24, 2.45) is 0 Å². The Morgan fingerprint density at radius 1 is 1.12 bits per heavy atom. The molecule has 2 rings (SSSR count). The van der Waals surface area contributed by atoms with Crippen LogP contribution in [0, 0.1) is 0 Å². The monoisotopic (exact) mass is 339 g/mol. The van der Waals surface area contributed by atoms with Gasteiger partial charge in [0.05, 0.1) is 17.4 Å². The Balaban J connectivity index is 2.23. The van der Waals surface area contributed by atoms with Crippen LogP contribution < -0.4 is 5.32 Å². The lowest BCUT2D eigenvalue weighted by Crippen LogP contribution is -2.32. The van der Waals surface area contributed by atoms with Gasteiger partial charge in [0.2, 0.25) is 0 Å². The number of rotatable bonds is 8. The minimum Gasteiger partial charge on any atom is -0.354 e. The van der Waals surface area contributed by atoms with Crippen LogP contribution in [0.3, 0.4) is 0 Å². The van der Waals surface area contributed by atoms with E-state index < -0.39 is 0 Å². The van der Waals surface area contributed by atoms with Crippen LogP contribution in [0.15, 0.2) is 42.7 Å². The molecule has 134 valence electrons. The molecule has 1 N–H and O–H groups in total. The summed E-state index contributed by atoms with van der Waals surface area (Å²) in [6.07, 6.45) is 5.33. The number of benzene rings is 1. The third kappa shape index (κ3) is 5.05. The standard InChI is InChI=1S/C21H29N3O/c1-5-11-24(12-6-2)21(25)17-13-18(15-22-14-17)23-20-10-8-7-9-19(20)16(3)4/h7-10,13-16,23H,5-6,11-12H2,1-4H3. The van der Waals surface area contributed by atoms with Gasteiger partial charge in [0.25, 0.3) is 5.91 Å². The number of hydrogen-bond acceptors (Lipinski definition) is 3. The first-order valence-corrected chi connectivity index (χ1v) is 9.17. The Morgan fingerprint density at radius 3 is 2.44 bits per heavy atom. The number of nitrogens with one attached hydrogen (secondary N) is 1. The quantitative estimate of drug-likeness (QED) is 0.718. The molecular weight excluding hydrogens is 310 g/mol. The number of pyridine rings is 1. The highest BCUT2D eigenvalue weighted by Gasteiger charge is 2.15. The van der Waals surface area contributed by atoms with Gasteiger partial charge in [-0.2, -0.15) is 0 Å². The summed E-state index contributed by atoms with van der Waals surface area (Å²) < 4.78 is 0. The summed E-state index contributed by atoms with van der Waals surface area (Å²) in [5, 5.41) is 3.42. The Hall–Kier alpha value is -2.36. The predicted molar refractivity (Wildman–Crippen MR) is 105 cm³/mol. The molecule has 0 bridgehead atoms. The average Bonchev–Trinajstić information content (AvgIpc) is 2.61. The smallest absolute Gasteiger partial charge is 0.255 e. The maximum Gasteiger partial charge on any atom is 0.255 e. The van der Waals surface area contributed by atoms with Crippen molar-refractivity contribution in [3.8, 4) is 0 Å². The molecule has 0 radical (unpaired) electrons. The molecule has 4 nitrogen and oxygen atoms in total. The van der Waals surface area contributed by atoms with Crippen molar-refractivity contribution in [1.82, 2.24) is 9.88 Å². The molecule has 25 heavy (non-hydrogen) atoms. The van der Waals surface area contributed by atoms with Gasteiger partial charge in [0.1, 0.15) is 0 Å². The van der Waals surface area contributed by atoms with E-state index in [1.807, 2.05) is 23.1 Å². The van der Waals surface area contributed by atoms with Gasteiger partial charge in [0.15, 0.2) is 0 Å². The molecule has 0 saturated carbocycles. The summed E-state index contributed by atoms with van der Waals surface area (Å²) >= 11 is 0. The number of carbonyl (C=O) groups is 1. The zero-order valence-electron chi connectivity index (χ0n) is 15.7. The van der Waals surface area contributed by atoms with Gasteiger partial charge in [-0.1, -0.05) is 45.9 Å². The topological polar surface area (TPSA) is 45.2 Å². The molecular formula is C21H29N3O. The SMILES string of the molecule is CCCN(CCC)C(=O)c1cncc(Nc2ccccc2C(C)C)c1. The Labute approximate surface area is 151 Å². The molecule has 0 saturated heterocycles. The summed E-state index contributed by atoms with van der Waals surface area (Å²) in [7, 11) is 0. The van der Waals surface area contributed by atoms with Crippen molar-refractivity contribution in [3.63, 3.8) is 0 Å². The van der Waals surface area contributed by atoms with Crippen molar-refractivity contribution >= 4 is 17.3 Å². The highest BCUT2D eigenvalue weighted by molar-refractivity contribution is 5.95. The molecule has 0 aliphatic carbocycles. The number of aromatic nitrogens is 1. The van der Waals surface area contributed by atoms with E-state index >= 15 is 0 Å². The molecule has 1 aromatic carbocycles. The van der Waals surface area contributed by atoms with Crippen LogP contribution in [-0.4, -0.2) is 28.9 Å². The fraction of sp³-hybridized carbons (Fsp3) is 0.429. The largest absolute Gasteiger partial charge is 0.354 e. The minimum absolute atomic E-state index is 0.0528. The van der Waals surface area contributed by atoms with Crippen LogP contribution in [0.4, 0.5) is 11.4 Å². The van der Waals surface area contributed by atoms with Crippen molar-refractivity contribution in [3.05, 3.63) is 53.9 Å². The van der Waals surface area contributed by atoms with Gasteiger partial charge in [0, 0.05) is 25.0 Å². The fourth-order valence-electron chi connectivity index (χ4n) is 2.93. The van der Waals surface area contributed by atoms with Crippen molar-refractivity contribution in [1.29, 1.82) is 0 Å². The van der Waals surface area contributed by atoms with Crippen LogP contribution in [0.1, 0.15) is 62.4 Å². The van der Waals surface area contributed by atoms with Crippen LogP contribution in [0.2, 0.25) is 0 Å². The fourth-order valence-corrected chi connectivity index (χ4v) is 2.93. The Kier molecular flexibility index (Phi) is 6.99. The summed E-state index contributed by atoms with van der Waals surface area (Å²) in [4.78, 5) is 18.9. The molecule has 0 spiro atoms. The Bertz CT molecular complexity index is 691. The maximum absolute atomic E-state index is 12.8. The van der Waals surface area contributed by atoms with E-state index in [0.29, 0.717) is 11.5 Å². The van der Waals surface area contributed by atoms with Gasteiger partial charge < -0.3 is 10.2 Å². The molecule has 0 unspecified atom stereocenters. The zero-order valence-corrected chi connectivity index (χ0v) is 15.7. The van der Waals surface area contributed by atoms with Crippen LogP contribution >= 0.6 is 0 Å². The summed E-state index contributed by atoms with van der Waals surface area (Å²) in [5.41, 5.74) is 3.78. The molecule has 0 atom stereocenters. The highest BCUT2D eigenvalue weighted by atomic mass is 16.2. The molecule has 1 heterocycles. The minimum atomic E-state index is 0.0528. The van der Waals surface area contributed by atoms with E-state index in [0.717, 1.165) is 37.3 Å². The lowest BCUT2D eigenvalue weighted by Gasteiger charge is -2.21. The predicted octanol–water partition coefficient (Wildman–Crippen LogP) is 5.21. The van der Waals surface area contributed by atoms with Crippen LogP contribution in [-0.2, 0) is 0 Å². The van der Waals surface area contributed by atoms with Crippen molar-refractivity contribution < 1.29 is 4.79 Å². The molecule has 4 heteroatoms. The van der Waals surface area contributed by atoms with Crippen LogP contribution in [0.25, 0.3) is 0 Å². The number of para-hydroxylation sites is 1. The first-order chi connectivity index (χ1) is 12.1. The van der Waals surface area contributed by atoms with E-state index in [1.54, 1.807) is 12.4 Å². The van der Waals surface area contributed by atoms with E-state index in [-0.39, 0.29) is 5.91 Å². The summed E-state index contributed by atoms with van der Waals surface area (Å²) in [6, 6.07) is 10.1. The van der Waals surface area contributed by atoms with Gasteiger partial charge in [-0.15, -0.1) is 0 Å². The van der Waals surface area contributed by atoms with Gasteiger partial charge in [-0.05, 0) is 36.5 Å². The number of hydrogen-bond donors (Lipinski definition) is 1. The molecule has 0 aliphatic rings. The van der Waals surface area contributed by atoms with Crippen LogP contribution in [0.5, 0.6) is 0 Å². The first-order valence-electron chi connectivity index (χ1n) is 9.17. The third-order valence-electron chi connectivity index (χ3n) is 4.12. The van der Waals surface area contributed by atoms with Gasteiger partial charge in [-0.25, -0.2) is 0 Å². The van der Waals surface area contributed by atoms with Gasteiger partial charge >= 0.3 is 0 Å². The van der Waals surface area contributed by atoms with E-state index in [2.05, 4.69) is 50.1 Å². The molecule has 2 aromatic rings. The van der Waals surface area contributed by atoms with E-state index in [9.17, 15) is 4.79 Å². The number of anilines is 2. The molecule has 0 fully saturated rings. The average molecular weight is 339 g/mol.